The maximum atomic E-state index is 5.55. The second-order valence-electron chi connectivity index (χ2n) is 6.84. The minimum Gasteiger partial charge on any atom is -0.493 e. The SMILES string of the molecule is COc1cc(-c2nc(-c3ccccc3)c(-c3ccccc3)n2C)cc(OC)c1OC. The molecule has 0 bridgehead atoms. The number of nitrogens with zero attached hydrogens (tertiary/aromatic N) is 2. The Morgan fingerprint density at radius 1 is 0.667 bits per heavy atom. The highest BCUT2D eigenvalue weighted by molar-refractivity contribution is 5.82. The molecule has 4 aromatic rings. The van der Waals surface area contributed by atoms with Gasteiger partial charge in [-0.05, 0) is 12.1 Å². The van der Waals surface area contributed by atoms with Crippen molar-refractivity contribution >= 4 is 0 Å². The Morgan fingerprint density at radius 2 is 1.20 bits per heavy atom. The first-order valence-corrected chi connectivity index (χ1v) is 9.65. The standard InChI is InChI=1S/C25H24N2O3/c1-27-23(18-13-9-6-10-14-18)22(17-11-7-5-8-12-17)26-25(27)19-15-20(28-2)24(30-4)21(16-19)29-3/h5-16H,1-4H3. The van der Waals surface area contributed by atoms with Crippen molar-refractivity contribution < 1.29 is 14.2 Å². The summed E-state index contributed by atoms with van der Waals surface area (Å²) >= 11 is 0. The lowest BCUT2D eigenvalue weighted by Crippen LogP contribution is -1.99. The van der Waals surface area contributed by atoms with Crippen molar-refractivity contribution in [2.45, 2.75) is 0 Å². The maximum Gasteiger partial charge on any atom is 0.203 e. The number of hydrogen-bond acceptors (Lipinski definition) is 4. The summed E-state index contributed by atoms with van der Waals surface area (Å²) in [6.07, 6.45) is 0. The molecular weight excluding hydrogens is 376 g/mol. The van der Waals surface area contributed by atoms with Crippen LogP contribution in [0.15, 0.2) is 72.8 Å². The van der Waals surface area contributed by atoms with E-state index in [1.54, 1.807) is 21.3 Å². The Morgan fingerprint density at radius 3 is 1.70 bits per heavy atom. The average molecular weight is 400 g/mol. The van der Waals surface area contributed by atoms with Gasteiger partial charge in [-0.1, -0.05) is 60.7 Å². The summed E-state index contributed by atoms with van der Waals surface area (Å²) in [4.78, 5) is 5.04. The van der Waals surface area contributed by atoms with Crippen LogP contribution in [0.3, 0.4) is 0 Å². The first kappa shape index (κ1) is 19.6. The Kier molecular flexibility index (Phi) is 5.44. The molecule has 5 heteroatoms. The van der Waals surface area contributed by atoms with E-state index in [9.17, 15) is 0 Å². The van der Waals surface area contributed by atoms with Crippen molar-refractivity contribution in [3.63, 3.8) is 0 Å². The second-order valence-corrected chi connectivity index (χ2v) is 6.84. The van der Waals surface area contributed by atoms with Crippen molar-refractivity contribution in [2.75, 3.05) is 21.3 Å². The van der Waals surface area contributed by atoms with Gasteiger partial charge in [0.25, 0.3) is 0 Å². The van der Waals surface area contributed by atoms with Gasteiger partial charge in [0, 0.05) is 23.7 Å². The molecule has 4 rings (SSSR count). The van der Waals surface area contributed by atoms with E-state index in [1.165, 1.54) is 0 Å². The Hall–Kier alpha value is -3.73. The van der Waals surface area contributed by atoms with Gasteiger partial charge in [0.1, 0.15) is 5.82 Å². The molecule has 0 aliphatic rings. The molecule has 0 radical (unpaired) electrons. The number of aromatic nitrogens is 2. The number of ether oxygens (including phenoxy) is 3. The van der Waals surface area contributed by atoms with Gasteiger partial charge in [0.2, 0.25) is 5.75 Å². The molecular formula is C25H24N2O3. The van der Waals surface area contributed by atoms with Gasteiger partial charge in [0.05, 0.1) is 32.7 Å². The molecule has 0 saturated carbocycles. The van der Waals surface area contributed by atoms with Crippen LogP contribution in [-0.2, 0) is 7.05 Å². The Bertz CT molecular complexity index is 1130. The monoisotopic (exact) mass is 400 g/mol. The van der Waals surface area contributed by atoms with Crippen LogP contribution < -0.4 is 14.2 Å². The molecule has 0 fully saturated rings. The number of hydrogen-bond donors (Lipinski definition) is 0. The first-order valence-electron chi connectivity index (χ1n) is 9.65. The van der Waals surface area contributed by atoms with Crippen LogP contribution in [0, 0.1) is 0 Å². The first-order chi connectivity index (χ1) is 14.7. The molecule has 0 unspecified atom stereocenters. The molecule has 30 heavy (non-hydrogen) atoms. The zero-order valence-corrected chi connectivity index (χ0v) is 17.5. The zero-order chi connectivity index (χ0) is 21.1. The maximum absolute atomic E-state index is 5.55. The van der Waals surface area contributed by atoms with Crippen molar-refractivity contribution in [3.8, 4) is 51.2 Å². The number of imidazole rings is 1. The van der Waals surface area contributed by atoms with Gasteiger partial charge in [-0.3, -0.25) is 0 Å². The molecule has 0 spiro atoms. The molecule has 1 aromatic heterocycles. The Labute approximate surface area is 176 Å². The fraction of sp³-hybridized carbons (Fsp3) is 0.160. The summed E-state index contributed by atoms with van der Waals surface area (Å²) in [6, 6.07) is 24.4. The quantitative estimate of drug-likeness (QED) is 0.432. The minimum atomic E-state index is 0.560. The second kappa shape index (κ2) is 8.33. The molecule has 0 atom stereocenters. The van der Waals surface area contributed by atoms with Crippen LogP contribution in [0.25, 0.3) is 33.9 Å². The van der Waals surface area contributed by atoms with Crippen molar-refractivity contribution in [2.24, 2.45) is 7.05 Å². The topological polar surface area (TPSA) is 45.5 Å². The highest BCUT2D eigenvalue weighted by atomic mass is 16.5. The molecule has 5 nitrogen and oxygen atoms in total. The summed E-state index contributed by atoms with van der Waals surface area (Å²) in [6.45, 7) is 0. The van der Waals surface area contributed by atoms with Crippen LogP contribution in [0.5, 0.6) is 17.2 Å². The van der Waals surface area contributed by atoms with E-state index in [2.05, 4.69) is 28.8 Å². The lowest BCUT2D eigenvalue weighted by atomic mass is 10.1. The highest BCUT2D eigenvalue weighted by Gasteiger charge is 2.21. The molecule has 0 aliphatic carbocycles. The fourth-order valence-corrected chi connectivity index (χ4v) is 3.69. The molecule has 3 aromatic carbocycles. The van der Waals surface area contributed by atoms with E-state index in [-0.39, 0.29) is 0 Å². The van der Waals surface area contributed by atoms with E-state index < -0.39 is 0 Å². The minimum absolute atomic E-state index is 0.560. The fourth-order valence-electron chi connectivity index (χ4n) is 3.69. The van der Waals surface area contributed by atoms with Crippen LogP contribution in [0.4, 0.5) is 0 Å². The normalized spacial score (nSPS) is 10.7. The van der Waals surface area contributed by atoms with Crippen LogP contribution in [0.1, 0.15) is 0 Å². The molecule has 152 valence electrons. The smallest absolute Gasteiger partial charge is 0.203 e. The average Bonchev–Trinajstić information content (AvgIpc) is 3.16. The third-order valence-electron chi connectivity index (χ3n) is 5.11. The van der Waals surface area contributed by atoms with Crippen molar-refractivity contribution in [3.05, 3.63) is 72.8 Å². The van der Waals surface area contributed by atoms with Crippen LogP contribution in [0.2, 0.25) is 0 Å². The van der Waals surface area contributed by atoms with Gasteiger partial charge < -0.3 is 18.8 Å². The lowest BCUT2D eigenvalue weighted by molar-refractivity contribution is 0.324. The van der Waals surface area contributed by atoms with Crippen LogP contribution in [-0.4, -0.2) is 30.9 Å². The lowest BCUT2D eigenvalue weighted by Gasteiger charge is -2.14. The summed E-state index contributed by atoms with van der Waals surface area (Å²) in [5, 5.41) is 0. The van der Waals surface area contributed by atoms with Gasteiger partial charge in [-0.2, -0.15) is 0 Å². The van der Waals surface area contributed by atoms with Crippen molar-refractivity contribution in [1.82, 2.24) is 9.55 Å². The predicted molar refractivity (Wildman–Crippen MR) is 119 cm³/mol. The zero-order valence-electron chi connectivity index (χ0n) is 17.5. The number of benzene rings is 3. The Balaban J connectivity index is 1.98. The van der Waals surface area contributed by atoms with Gasteiger partial charge in [0.15, 0.2) is 11.5 Å². The van der Waals surface area contributed by atoms with Gasteiger partial charge in [-0.15, -0.1) is 0 Å². The van der Waals surface area contributed by atoms with E-state index in [4.69, 9.17) is 19.2 Å². The molecule has 0 aliphatic heterocycles. The van der Waals surface area contributed by atoms with E-state index in [0.717, 1.165) is 33.9 Å². The summed E-state index contributed by atoms with van der Waals surface area (Å²) in [7, 11) is 6.86. The highest BCUT2D eigenvalue weighted by Crippen LogP contribution is 2.42. The third-order valence-corrected chi connectivity index (χ3v) is 5.11. The summed E-state index contributed by atoms with van der Waals surface area (Å²) < 4.78 is 18.7. The molecule has 0 saturated heterocycles. The molecule has 1 heterocycles. The van der Waals surface area contributed by atoms with E-state index in [1.807, 2.05) is 55.6 Å². The van der Waals surface area contributed by atoms with E-state index in [0.29, 0.717) is 17.2 Å². The van der Waals surface area contributed by atoms with Gasteiger partial charge >= 0.3 is 0 Å². The van der Waals surface area contributed by atoms with Crippen molar-refractivity contribution in [1.29, 1.82) is 0 Å². The molecule has 0 amide bonds. The number of methoxy groups -OCH3 is 3. The molecule has 0 N–H and O–H groups in total. The summed E-state index contributed by atoms with van der Waals surface area (Å²) in [5.41, 5.74) is 5.01. The number of rotatable bonds is 6. The third kappa shape index (κ3) is 3.39. The van der Waals surface area contributed by atoms with Crippen LogP contribution >= 0.6 is 0 Å². The summed E-state index contributed by atoms with van der Waals surface area (Å²) in [5.74, 6) is 2.56. The predicted octanol–water partition coefficient (Wildman–Crippen LogP) is 5.45. The van der Waals surface area contributed by atoms with Gasteiger partial charge in [-0.25, -0.2) is 4.98 Å². The largest absolute Gasteiger partial charge is 0.493 e. The van der Waals surface area contributed by atoms with E-state index >= 15 is 0 Å².